The number of nitrogens with one attached hydrogen (secondary N) is 3. The second kappa shape index (κ2) is 20.5. The molecule has 148 valence electrons. The lowest BCUT2D eigenvalue weighted by Gasteiger charge is -2.06. The molecule has 0 aromatic carbocycles. The van der Waals surface area contributed by atoms with Crippen molar-refractivity contribution in [2.24, 2.45) is 23.1 Å². The monoisotopic (exact) mass is 360 g/mol. The van der Waals surface area contributed by atoms with Crippen LogP contribution < -0.4 is 33.2 Å². The van der Waals surface area contributed by atoms with Gasteiger partial charge < -0.3 is 38.3 Å². The molecule has 0 saturated carbocycles. The zero-order valence-electron chi connectivity index (χ0n) is 15.3. The van der Waals surface area contributed by atoms with Gasteiger partial charge in [-0.05, 0) is 6.42 Å². The van der Waals surface area contributed by atoms with Crippen LogP contribution in [0.15, 0.2) is 12.2 Å². The molecule has 0 radical (unpaired) electrons. The molecule has 0 bridgehead atoms. The predicted molar refractivity (Wildman–Crippen MR) is 101 cm³/mol. The Morgan fingerprint density at radius 3 is 1.72 bits per heavy atom. The summed E-state index contributed by atoms with van der Waals surface area (Å²) in [6, 6.07) is 0. The van der Waals surface area contributed by atoms with Gasteiger partial charge in [0.2, 0.25) is 5.91 Å². The predicted octanol–water partition coefficient (Wildman–Crippen LogP) is -1.80. The molecule has 0 fully saturated rings. The smallest absolute Gasteiger partial charge is 0.304 e. The highest BCUT2D eigenvalue weighted by Gasteiger charge is 2.14. The molecule has 0 aliphatic carbocycles. The molecular weight excluding hydrogens is 324 g/mol. The zero-order valence-corrected chi connectivity index (χ0v) is 15.3. The normalized spacial score (nSPS) is 11.8. The number of primary amides is 1. The van der Waals surface area contributed by atoms with E-state index in [1.54, 1.807) is 6.08 Å². The highest BCUT2D eigenvalue weighted by atomic mass is 16.4. The first-order valence-electron chi connectivity index (χ1n) is 8.69. The zero-order chi connectivity index (χ0) is 19.3. The third-order valence-corrected chi connectivity index (χ3v) is 2.96. The van der Waals surface area contributed by atoms with Gasteiger partial charge in [-0.15, -0.1) is 0 Å². The van der Waals surface area contributed by atoms with E-state index < -0.39 is 17.8 Å². The van der Waals surface area contributed by atoms with Crippen LogP contribution >= 0.6 is 0 Å². The van der Waals surface area contributed by atoms with Crippen LogP contribution in [0.1, 0.15) is 19.8 Å². The Balaban J connectivity index is 0. The lowest BCUT2D eigenvalue weighted by atomic mass is 10.0. The van der Waals surface area contributed by atoms with Crippen LogP contribution in [-0.4, -0.2) is 69.3 Å². The fourth-order valence-corrected chi connectivity index (χ4v) is 1.68. The maximum Gasteiger partial charge on any atom is 0.304 e. The van der Waals surface area contributed by atoms with Gasteiger partial charge in [-0.1, -0.05) is 19.1 Å². The Morgan fingerprint density at radius 1 is 0.960 bits per heavy atom. The Labute approximate surface area is 150 Å². The maximum atomic E-state index is 10.6. The van der Waals surface area contributed by atoms with Gasteiger partial charge in [0.25, 0.3) is 0 Å². The third-order valence-electron chi connectivity index (χ3n) is 2.96. The molecule has 0 heterocycles. The van der Waals surface area contributed by atoms with E-state index in [0.717, 1.165) is 45.7 Å². The molecule has 1 unspecified atom stereocenters. The van der Waals surface area contributed by atoms with Crippen LogP contribution in [0.3, 0.4) is 0 Å². The van der Waals surface area contributed by atoms with Crippen LogP contribution in [0, 0.1) is 5.92 Å². The van der Waals surface area contributed by atoms with Crippen molar-refractivity contribution in [3.05, 3.63) is 12.2 Å². The lowest BCUT2D eigenvalue weighted by Crippen LogP contribution is -2.35. The Bertz CT molecular complexity index is 343. The van der Waals surface area contributed by atoms with Crippen molar-refractivity contribution in [1.82, 2.24) is 16.0 Å². The maximum absolute atomic E-state index is 10.6. The van der Waals surface area contributed by atoms with Gasteiger partial charge in [0, 0.05) is 52.4 Å². The minimum Gasteiger partial charge on any atom is -0.481 e. The van der Waals surface area contributed by atoms with E-state index >= 15 is 0 Å². The number of carboxylic acids is 1. The number of amides is 1. The highest BCUT2D eigenvalue weighted by molar-refractivity contribution is 5.83. The molecule has 10 N–H and O–H groups in total. The molecule has 0 aliphatic rings. The van der Waals surface area contributed by atoms with Crippen molar-refractivity contribution in [3.63, 3.8) is 0 Å². The topological polar surface area (TPSA) is 169 Å². The van der Waals surface area contributed by atoms with Crippen LogP contribution in [0.4, 0.5) is 0 Å². The van der Waals surface area contributed by atoms with Crippen molar-refractivity contribution < 1.29 is 14.7 Å². The summed E-state index contributed by atoms with van der Waals surface area (Å²) in [7, 11) is 0. The van der Waals surface area contributed by atoms with E-state index in [1.165, 1.54) is 6.08 Å². The number of nitrogens with two attached hydrogens (primary N) is 3. The highest BCUT2D eigenvalue weighted by Crippen LogP contribution is 2.04. The average Bonchev–Trinajstić information content (AvgIpc) is 2.57. The first-order valence-corrected chi connectivity index (χ1v) is 8.69. The number of hydrogen-bond acceptors (Lipinski definition) is 7. The largest absolute Gasteiger partial charge is 0.481 e. The SMILES string of the molecule is CCC=CC(CC(=O)O)C(N)=O.NCCNCCNCCNCCN. The Hall–Kier alpha value is -1.52. The summed E-state index contributed by atoms with van der Waals surface area (Å²) in [6.45, 7) is 9.04. The van der Waals surface area contributed by atoms with Crippen molar-refractivity contribution in [1.29, 1.82) is 0 Å². The molecule has 0 spiro atoms. The first-order chi connectivity index (χ1) is 12.0. The molecule has 9 heteroatoms. The van der Waals surface area contributed by atoms with E-state index in [2.05, 4.69) is 16.0 Å². The number of carbonyl (C=O) groups is 2. The number of rotatable bonds is 15. The first kappa shape index (κ1) is 25.7. The second-order valence-corrected chi connectivity index (χ2v) is 5.27. The van der Waals surface area contributed by atoms with Gasteiger partial charge >= 0.3 is 5.97 Å². The van der Waals surface area contributed by atoms with Crippen molar-refractivity contribution in [2.45, 2.75) is 19.8 Å². The molecule has 0 saturated heterocycles. The number of hydrogen-bond donors (Lipinski definition) is 7. The summed E-state index contributed by atoms with van der Waals surface area (Å²) < 4.78 is 0. The molecule has 0 rings (SSSR count). The summed E-state index contributed by atoms with van der Waals surface area (Å²) in [6.07, 6.45) is 3.81. The van der Waals surface area contributed by atoms with Crippen LogP contribution in [0.2, 0.25) is 0 Å². The molecular formula is C16H36N6O3. The Kier molecular flexibility index (Phi) is 21.1. The number of allylic oxidation sites excluding steroid dienone is 1. The van der Waals surface area contributed by atoms with E-state index in [9.17, 15) is 9.59 Å². The molecule has 9 nitrogen and oxygen atoms in total. The van der Waals surface area contributed by atoms with Gasteiger partial charge in [0.1, 0.15) is 0 Å². The van der Waals surface area contributed by atoms with Crippen LogP contribution in [0.25, 0.3) is 0 Å². The van der Waals surface area contributed by atoms with E-state index in [-0.39, 0.29) is 6.42 Å². The number of carbonyl (C=O) groups excluding carboxylic acids is 1. The summed E-state index contributed by atoms with van der Waals surface area (Å²) in [5.74, 6) is -2.29. The van der Waals surface area contributed by atoms with E-state index in [4.69, 9.17) is 22.3 Å². The van der Waals surface area contributed by atoms with Gasteiger partial charge in [-0.25, -0.2) is 0 Å². The quantitative estimate of drug-likeness (QED) is 0.133. The lowest BCUT2D eigenvalue weighted by molar-refractivity contribution is -0.139. The Morgan fingerprint density at radius 2 is 1.40 bits per heavy atom. The second-order valence-electron chi connectivity index (χ2n) is 5.27. The number of carboxylic acid groups (broad SMARTS) is 1. The summed E-state index contributed by atoms with van der Waals surface area (Å²) in [5, 5.41) is 18.1. The molecule has 25 heavy (non-hydrogen) atoms. The molecule has 0 aromatic heterocycles. The molecule has 1 atom stereocenters. The van der Waals surface area contributed by atoms with Crippen molar-refractivity contribution in [2.75, 3.05) is 52.4 Å². The van der Waals surface area contributed by atoms with Gasteiger partial charge in [0.05, 0.1) is 12.3 Å². The van der Waals surface area contributed by atoms with Crippen LogP contribution in [0.5, 0.6) is 0 Å². The minimum atomic E-state index is -1.01. The van der Waals surface area contributed by atoms with Crippen molar-refractivity contribution in [3.8, 4) is 0 Å². The molecule has 0 aliphatic heterocycles. The molecule has 0 aromatic rings. The van der Waals surface area contributed by atoms with Crippen LogP contribution in [-0.2, 0) is 9.59 Å². The standard InChI is InChI=1S/C8H23N5.C8H13NO3/c9-1-3-11-5-7-13-8-6-12-4-2-10;1-2-3-4-6(8(9)12)5-7(10)11/h11-13H,1-10H2;3-4,6H,2,5H2,1H3,(H2,9,12)(H,10,11). The summed E-state index contributed by atoms with van der Waals surface area (Å²) in [5.41, 5.74) is 15.6. The third kappa shape index (κ3) is 22.5. The van der Waals surface area contributed by atoms with E-state index in [0.29, 0.717) is 13.1 Å². The fraction of sp³-hybridized carbons (Fsp3) is 0.750. The van der Waals surface area contributed by atoms with Gasteiger partial charge in [-0.3, -0.25) is 9.59 Å². The minimum absolute atomic E-state index is 0.230. The van der Waals surface area contributed by atoms with Gasteiger partial charge in [0.15, 0.2) is 0 Å². The summed E-state index contributed by atoms with van der Waals surface area (Å²) >= 11 is 0. The number of aliphatic carboxylic acids is 1. The summed E-state index contributed by atoms with van der Waals surface area (Å²) in [4.78, 5) is 20.9. The van der Waals surface area contributed by atoms with E-state index in [1.807, 2.05) is 6.92 Å². The average molecular weight is 361 g/mol. The van der Waals surface area contributed by atoms with Gasteiger partial charge in [-0.2, -0.15) is 0 Å². The molecule has 1 amide bonds. The fourth-order valence-electron chi connectivity index (χ4n) is 1.68. The van der Waals surface area contributed by atoms with Crippen molar-refractivity contribution >= 4 is 11.9 Å².